The minimum Gasteiger partial charge on any atom is -0.333 e. The van der Waals surface area contributed by atoms with Gasteiger partial charge < -0.3 is 15.2 Å². The number of imidazole rings is 1. The van der Waals surface area contributed by atoms with Crippen molar-refractivity contribution in [2.75, 3.05) is 6.54 Å². The third-order valence-corrected chi connectivity index (χ3v) is 3.20. The second-order valence-corrected chi connectivity index (χ2v) is 4.10. The molecule has 2 atom stereocenters. The molecule has 2 heterocycles. The van der Waals surface area contributed by atoms with Crippen LogP contribution in [0.1, 0.15) is 32.0 Å². The van der Waals surface area contributed by atoms with E-state index in [4.69, 9.17) is 5.73 Å². The van der Waals surface area contributed by atoms with Crippen LogP contribution in [0.3, 0.4) is 0 Å². The van der Waals surface area contributed by atoms with E-state index >= 15 is 0 Å². The quantitative estimate of drug-likeness (QED) is 0.811. The molecule has 1 aromatic rings. The summed E-state index contributed by atoms with van der Waals surface area (Å²) in [4.78, 5) is 17.7. The second kappa shape index (κ2) is 4.25. The maximum Gasteiger partial charge on any atom is 0.224 e. The molecule has 1 aromatic heterocycles. The number of hydrogen-bond donors (Lipinski definition) is 1. The molecular weight excluding hydrogens is 204 g/mol. The lowest BCUT2D eigenvalue weighted by Gasteiger charge is -2.26. The van der Waals surface area contributed by atoms with Crippen molar-refractivity contribution in [1.29, 1.82) is 0 Å². The largest absolute Gasteiger partial charge is 0.333 e. The molecule has 0 aliphatic carbocycles. The molecule has 2 N–H and O–H groups in total. The van der Waals surface area contributed by atoms with Crippen molar-refractivity contribution < 1.29 is 4.79 Å². The van der Waals surface area contributed by atoms with Crippen molar-refractivity contribution >= 4 is 5.91 Å². The fourth-order valence-electron chi connectivity index (χ4n) is 2.41. The van der Waals surface area contributed by atoms with Gasteiger partial charge in [0.1, 0.15) is 0 Å². The van der Waals surface area contributed by atoms with E-state index in [2.05, 4.69) is 11.9 Å². The van der Waals surface area contributed by atoms with Gasteiger partial charge in [-0.05, 0) is 13.8 Å². The summed E-state index contributed by atoms with van der Waals surface area (Å²) in [5.41, 5.74) is 7.09. The summed E-state index contributed by atoms with van der Waals surface area (Å²) in [5.74, 6) is 0.142. The predicted molar refractivity (Wildman–Crippen MR) is 60.6 cm³/mol. The molecule has 88 valence electrons. The first-order valence-corrected chi connectivity index (χ1v) is 5.74. The molecule has 0 radical (unpaired) electrons. The third kappa shape index (κ3) is 1.61. The van der Waals surface area contributed by atoms with Crippen LogP contribution in [0.2, 0.25) is 0 Å². The first-order chi connectivity index (χ1) is 7.69. The summed E-state index contributed by atoms with van der Waals surface area (Å²) in [6, 6.07) is -0.130. The van der Waals surface area contributed by atoms with Gasteiger partial charge in [0.25, 0.3) is 0 Å². The Morgan fingerprint density at radius 3 is 2.88 bits per heavy atom. The number of aromatic nitrogens is 2. The number of likely N-dealkylation sites (tertiary alicyclic amines) is 1. The highest BCUT2D eigenvalue weighted by molar-refractivity contribution is 5.80. The SMILES string of the molecule is CCN1C(=O)C[C@@H](N)[C@@H]1c1cncn1CC. The minimum atomic E-state index is -0.116. The van der Waals surface area contributed by atoms with Gasteiger partial charge in [-0.1, -0.05) is 0 Å². The van der Waals surface area contributed by atoms with E-state index < -0.39 is 0 Å². The number of carbonyl (C=O) groups is 1. The topological polar surface area (TPSA) is 64.2 Å². The van der Waals surface area contributed by atoms with E-state index in [1.165, 1.54) is 0 Å². The number of carbonyl (C=O) groups excluding carboxylic acids is 1. The van der Waals surface area contributed by atoms with Crippen molar-refractivity contribution in [2.45, 2.75) is 38.9 Å². The van der Waals surface area contributed by atoms with E-state index in [0.29, 0.717) is 13.0 Å². The summed E-state index contributed by atoms with van der Waals surface area (Å²) in [6.07, 6.45) is 4.04. The number of hydrogen-bond acceptors (Lipinski definition) is 3. The highest BCUT2D eigenvalue weighted by atomic mass is 16.2. The van der Waals surface area contributed by atoms with Crippen LogP contribution in [0.4, 0.5) is 0 Å². The zero-order valence-electron chi connectivity index (χ0n) is 9.76. The molecule has 0 unspecified atom stereocenters. The van der Waals surface area contributed by atoms with Gasteiger partial charge in [0.15, 0.2) is 0 Å². The number of likely N-dealkylation sites (N-methyl/N-ethyl adjacent to an activating group) is 1. The minimum absolute atomic E-state index is 0.0139. The molecular formula is C11H18N4O. The van der Waals surface area contributed by atoms with Gasteiger partial charge in [0.2, 0.25) is 5.91 Å². The lowest BCUT2D eigenvalue weighted by Crippen LogP contribution is -2.34. The number of aryl methyl sites for hydroxylation is 1. The smallest absolute Gasteiger partial charge is 0.224 e. The fourth-order valence-corrected chi connectivity index (χ4v) is 2.41. The molecule has 5 heteroatoms. The van der Waals surface area contributed by atoms with Crippen LogP contribution >= 0.6 is 0 Å². The highest BCUT2D eigenvalue weighted by Gasteiger charge is 2.39. The summed E-state index contributed by atoms with van der Waals surface area (Å²) >= 11 is 0. The zero-order chi connectivity index (χ0) is 11.7. The third-order valence-electron chi connectivity index (χ3n) is 3.20. The molecule has 16 heavy (non-hydrogen) atoms. The van der Waals surface area contributed by atoms with E-state index in [1.807, 2.05) is 22.6 Å². The molecule has 0 bridgehead atoms. The number of amides is 1. The highest BCUT2D eigenvalue weighted by Crippen LogP contribution is 2.31. The Morgan fingerprint density at radius 2 is 2.25 bits per heavy atom. The molecule has 2 rings (SSSR count). The zero-order valence-corrected chi connectivity index (χ0v) is 9.76. The van der Waals surface area contributed by atoms with Crippen LogP contribution in [0.5, 0.6) is 0 Å². The van der Waals surface area contributed by atoms with Gasteiger partial charge in [-0.3, -0.25) is 4.79 Å². The van der Waals surface area contributed by atoms with Crippen LogP contribution in [0.15, 0.2) is 12.5 Å². The van der Waals surface area contributed by atoms with E-state index in [0.717, 1.165) is 12.2 Å². The van der Waals surface area contributed by atoms with Gasteiger partial charge in [-0.15, -0.1) is 0 Å². The van der Waals surface area contributed by atoms with Gasteiger partial charge in [-0.25, -0.2) is 4.98 Å². The molecule has 0 saturated carbocycles. The second-order valence-electron chi connectivity index (χ2n) is 4.10. The Balaban J connectivity index is 2.35. The normalized spacial score (nSPS) is 25.4. The van der Waals surface area contributed by atoms with Crippen molar-refractivity contribution in [3.05, 3.63) is 18.2 Å². The van der Waals surface area contributed by atoms with Crippen molar-refractivity contribution in [3.63, 3.8) is 0 Å². The Morgan fingerprint density at radius 1 is 1.50 bits per heavy atom. The number of nitrogens with two attached hydrogens (primary N) is 1. The Labute approximate surface area is 95.2 Å². The van der Waals surface area contributed by atoms with E-state index in [-0.39, 0.29) is 18.0 Å². The Bertz CT molecular complexity index is 387. The molecule has 1 fully saturated rings. The molecule has 1 aliphatic rings. The molecule has 0 aromatic carbocycles. The fraction of sp³-hybridized carbons (Fsp3) is 0.636. The van der Waals surface area contributed by atoms with Crippen molar-refractivity contribution in [1.82, 2.24) is 14.5 Å². The predicted octanol–water partition coefficient (Wildman–Crippen LogP) is 0.524. The molecule has 1 aliphatic heterocycles. The first-order valence-electron chi connectivity index (χ1n) is 5.74. The van der Waals surface area contributed by atoms with E-state index in [9.17, 15) is 4.79 Å². The number of nitrogens with zero attached hydrogens (tertiary/aromatic N) is 3. The summed E-state index contributed by atoms with van der Waals surface area (Å²) in [5, 5.41) is 0. The Kier molecular flexibility index (Phi) is 2.96. The van der Waals surface area contributed by atoms with Gasteiger partial charge in [0.05, 0.1) is 24.3 Å². The van der Waals surface area contributed by atoms with Crippen molar-refractivity contribution in [3.8, 4) is 0 Å². The van der Waals surface area contributed by atoms with Crippen LogP contribution in [-0.2, 0) is 11.3 Å². The standard InChI is InChI=1S/C11H18N4O/c1-3-14-7-13-6-9(14)11-8(12)5-10(16)15(11)4-2/h6-8,11H,3-5,12H2,1-2H3/t8-,11-/m1/s1. The van der Waals surface area contributed by atoms with E-state index in [1.54, 1.807) is 6.33 Å². The summed E-state index contributed by atoms with van der Waals surface area (Å²) < 4.78 is 2.05. The van der Waals surface area contributed by atoms with Gasteiger partial charge in [-0.2, -0.15) is 0 Å². The number of rotatable bonds is 3. The summed E-state index contributed by atoms with van der Waals surface area (Å²) in [6.45, 7) is 5.59. The average molecular weight is 222 g/mol. The molecule has 1 amide bonds. The average Bonchev–Trinajstić information content (AvgIpc) is 2.81. The first kappa shape index (κ1) is 11.1. The molecule has 0 spiro atoms. The molecule has 1 saturated heterocycles. The van der Waals surface area contributed by atoms with Crippen LogP contribution in [0, 0.1) is 0 Å². The summed E-state index contributed by atoms with van der Waals surface area (Å²) in [7, 11) is 0. The van der Waals surface area contributed by atoms with Crippen molar-refractivity contribution in [2.24, 2.45) is 5.73 Å². The van der Waals surface area contributed by atoms with Crippen LogP contribution in [0.25, 0.3) is 0 Å². The maximum atomic E-state index is 11.7. The Hall–Kier alpha value is -1.36. The van der Waals surface area contributed by atoms with Crippen LogP contribution in [-0.4, -0.2) is 32.9 Å². The van der Waals surface area contributed by atoms with Gasteiger partial charge in [0, 0.05) is 25.6 Å². The lowest BCUT2D eigenvalue weighted by atomic mass is 10.1. The lowest BCUT2D eigenvalue weighted by molar-refractivity contribution is -0.128. The maximum absolute atomic E-state index is 11.7. The van der Waals surface area contributed by atoms with Crippen LogP contribution < -0.4 is 5.73 Å². The van der Waals surface area contributed by atoms with Gasteiger partial charge >= 0.3 is 0 Å². The monoisotopic (exact) mass is 222 g/mol. The molecule has 5 nitrogen and oxygen atoms in total.